The second-order valence-corrected chi connectivity index (χ2v) is 13.6. The van der Waals surface area contributed by atoms with Gasteiger partial charge in [0.1, 0.15) is 6.61 Å². The first-order valence-corrected chi connectivity index (χ1v) is 20.3. The lowest BCUT2D eigenvalue weighted by Gasteiger charge is -2.19. The van der Waals surface area contributed by atoms with Crippen molar-refractivity contribution < 1.29 is 32.8 Å². The summed E-state index contributed by atoms with van der Waals surface area (Å²) in [4.78, 5) is 22.3. The minimum atomic E-state index is -4.30. The molecule has 48 heavy (non-hydrogen) atoms. The Morgan fingerprint density at radius 1 is 0.667 bits per heavy atom. The van der Waals surface area contributed by atoms with Crippen LogP contribution in [0, 0.1) is 0 Å². The molecular formula is C39H70NO7P. The van der Waals surface area contributed by atoms with E-state index in [9.17, 15) is 14.3 Å². The average molecular weight is 696 g/mol. The Labute approximate surface area is 293 Å². The molecule has 0 aliphatic carbocycles. The van der Waals surface area contributed by atoms with Crippen LogP contribution >= 0.6 is 7.82 Å². The van der Waals surface area contributed by atoms with Gasteiger partial charge in [-0.25, -0.2) is 4.57 Å². The Kier molecular flexibility index (Phi) is 34.8. The lowest BCUT2D eigenvalue weighted by atomic mass is 10.0. The number of rotatable bonds is 35. The fourth-order valence-corrected chi connectivity index (χ4v) is 5.54. The Balaban J connectivity index is 4.25. The van der Waals surface area contributed by atoms with Crippen molar-refractivity contribution >= 4 is 13.8 Å². The zero-order valence-electron chi connectivity index (χ0n) is 30.4. The van der Waals surface area contributed by atoms with Crippen LogP contribution in [0.2, 0.25) is 0 Å². The standard InChI is InChI=1S/C39H70NO7P/c1-3-5-7-9-11-13-15-17-19-20-22-24-26-28-30-32-39(41)47-38(37-46-48(42,43)45-35-33-40)36-44-34-31-29-27-25-23-21-18-16-14-12-10-8-6-4-2/h5,7,11,13,17,19,22,24,31,34,38H,3-4,6,8-10,12,14-16,18,20-21,23,25-30,32-33,35-37,40H2,1-2H3,(H,42,43)/b7-5+,13-11+,19-17+,24-22+,34-31+/t38-/m1/s1. The topological polar surface area (TPSA) is 117 Å². The normalized spacial score (nSPS) is 14.2. The number of hydrogen-bond donors (Lipinski definition) is 2. The van der Waals surface area contributed by atoms with Gasteiger partial charge in [0, 0.05) is 13.0 Å². The molecule has 3 N–H and O–H groups in total. The van der Waals surface area contributed by atoms with Crippen molar-refractivity contribution in [1.82, 2.24) is 0 Å². The molecule has 0 heterocycles. The van der Waals surface area contributed by atoms with Crippen LogP contribution in [-0.4, -0.2) is 43.3 Å². The van der Waals surface area contributed by atoms with Crippen LogP contribution in [0.15, 0.2) is 60.9 Å². The van der Waals surface area contributed by atoms with Crippen molar-refractivity contribution in [2.24, 2.45) is 5.73 Å². The number of nitrogens with two attached hydrogens (primary N) is 1. The number of carbonyl (C=O) groups is 1. The van der Waals surface area contributed by atoms with Gasteiger partial charge in [-0.1, -0.05) is 133 Å². The number of ether oxygens (including phenoxy) is 2. The van der Waals surface area contributed by atoms with E-state index in [1.165, 1.54) is 70.6 Å². The van der Waals surface area contributed by atoms with Gasteiger partial charge in [0.25, 0.3) is 0 Å². The summed E-state index contributed by atoms with van der Waals surface area (Å²) in [6.07, 6.45) is 43.3. The summed E-state index contributed by atoms with van der Waals surface area (Å²) in [6.45, 7) is 4.05. The molecule has 0 saturated carbocycles. The minimum absolute atomic E-state index is 0.0134. The highest BCUT2D eigenvalue weighted by atomic mass is 31.2. The van der Waals surface area contributed by atoms with Gasteiger partial charge in [-0.05, 0) is 63.9 Å². The number of allylic oxidation sites excluding steroid dienone is 9. The number of unbranched alkanes of at least 4 members (excludes halogenated alkanes) is 14. The first-order valence-electron chi connectivity index (χ1n) is 18.8. The van der Waals surface area contributed by atoms with Crippen LogP contribution in [0.3, 0.4) is 0 Å². The Bertz CT molecular complexity index is 916. The highest BCUT2D eigenvalue weighted by Crippen LogP contribution is 2.43. The summed E-state index contributed by atoms with van der Waals surface area (Å²) < 4.78 is 33.0. The molecule has 2 atom stereocenters. The largest absolute Gasteiger partial charge is 0.498 e. The summed E-state index contributed by atoms with van der Waals surface area (Å²) in [6, 6.07) is 0. The van der Waals surface area contributed by atoms with Crippen molar-refractivity contribution in [2.45, 2.75) is 155 Å². The van der Waals surface area contributed by atoms with E-state index in [0.717, 1.165) is 51.4 Å². The molecule has 8 nitrogen and oxygen atoms in total. The van der Waals surface area contributed by atoms with Gasteiger partial charge in [0.05, 0.1) is 19.5 Å². The molecule has 0 aromatic heterocycles. The average Bonchev–Trinajstić information content (AvgIpc) is 3.07. The number of hydrogen-bond acceptors (Lipinski definition) is 7. The molecule has 0 rings (SSSR count). The van der Waals surface area contributed by atoms with E-state index >= 15 is 0 Å². The summed E-state index contributed by atoms with van der Waals surface area (Å²) in [5, 5.41) is 0. The fraction of sp³-hybridized carbons (Fsp3) is 0.718. The van der Waals surface area contributed by atoms with E-state index in [4.69, 9.17) is 24.3 Å². The maximum absolute atomic E-state index is 12.5. The van der Waals surface area contributed by atoms with Crippen LogP contribution in [0.4, 0.5) is 0 Å². The SMILES string of the molecule is CC/C=C/C/C=C/C/C=C/C/C=C/CCCCC(=O)O[C@H](CO/C=C/CCCCCCCCCCCCCC)COP(=O)(O)OCCN. The van der Waals surface area contributed by atoms with E-state index in [2.05, 4.69) is 62.5 Å². The van der Waals surface area contributed by atoms with Gasteiger partial charge in [-0.3, -0.25) is 13.8 Å². The number of phosphoric ester groups is 1. The fourth-order valence-electron chi connectivity index (χ4n) is 4.77. The molecule has 0 spiro atoms. The quantitative estimate of drug-likeness (QED) is 0.0221. The summed E-state index contributed by atoms with van der Waals surface area (Å²) in [5.41, 5.74) is 5.34. The molecule has 278 valence electrons. The highest BCUT2D eigenvalue weighted by molar-refractivity contribution is 7.47. The van der Waals surface area contributed by atoms with Crippen molar-refractivity contribution in [3.05, 3.63) is 60.9 Å². The van der Waals surface area contributed by atoms with Gasteiger partial charge < -0.3 is 20.1 Å². The lowest BCUT2D eigenvalue weighted by Crippen LogP contribution is -2.27. The molecule has 0 amide bonds. The second kappa shape index (κ2) is 36.3. The molecule has 0 aromatic rings. The smallest absolute Gasteiger partial charge is 0.472 e. The number of carbonyl (C=O) groups excluding carboxylic acids is 1. The molecule has 0 fully saturated rings. The van der Waals surface area contributed by atoms with E-state index < -0.39 is 19.9 Å². The molecule has 0 saturated heterocycles. The summed E-state index contributed by atoms with van der Waals surface area (Å²) in [5.74, 6) is -0.395. The molecule has 0 bridgehead atoms. The number of phosphoric acid groups is 1. The summed E-state index contributed by atoms with van der Waals surface area (Å²) >= 11 is 0. The van der Waals surface area contributed by atoms with E-state index in [0.29, 0.717) is 6.42 Å². The molecule has 1 unspecified atom stereocenters. The Morgan fingerprint density at radius 3 is 1.77 bits per heavy atom. The van der Waals surface area contributed by atoms with Crippen LogP contribution in [0.1, 0.15) is 149 Å². The zero-order chi connectivity index (χ0) is 35.2. The van der Waals surface area contributed by atoms with Crippen LogP contribution < -0.4 is 5.73 Å². The lowest BCUT2D eigenvalue weighted by molar-refractivity contribution is -0.153. The van der Waals surface area contributed by atoms with Crippen LogP contribution in [0.5, 0.6) is 0 Å². The van der Waals surface area contributed by atoms with Crippen LogP contribution in [-0.2, 0) is 27.9 Å². The Hall–Kier alpha value is -1.96. The van der Waals surface area contributed by atoms with Crippen molar-refractivity contribution in [1.29, 1.82) is 0 Å². The van der Waals surface area contributed by atoms with Crippen molar-refractivity contribution in [3.8, 4) is 0 Å². The van der Waals surface area contributed by atoms with Crippen molar-refractivity contribution in [3.63, 3.8) is 0 Å². The Morgan fingerprint density at radius 2 is 1.19 bits per heavy atom. The molecule has 9 heteroatoms. The van der Waals surface area contributed by atoms with Gasteiger partial charge >= 0.3 is 13.8 Å². The number of esters is 1. The predicted octanol–water partition coefficient (Wildman–Crippen LogP) is 11.0. The molecule has 0 aliphatic rings. The monoisotopic (exact) mass is 695 g/mol. The van der Waals surface area contributed by atoms with E-state index in [-0.39, 0.29) is 32.8 Å². The molecule has 0 radical (unpaired) electrons. The minimum Gasteiger partial charge on any atom is -0.498 e. The van der Waals surface area contributed by atoms with E-state index in [1.807, 2.05) is 6.08 Å². The predicted molar refractivity (Wildman–Crippen MR) is 201 cm³/mol. The third-order valence-corrected chi connectivity index (χ3v) is 8.50. The summed E-state index contributed by atoms with van der Waals surface area (Å²) in [7, 11) is -4.30. The van der Waals surface area contributed by atoms with Crippen molar-refractivity contribution in [2.75, 3.05) is 26.4 Å². The maximum atomic E-state index is 12.5. The third-order valence-electron chi connectivity index (χ3n) is 7.51. The molecular weight excluding hydrogens is 625 g/mol. The highest BCUT2D eigenvalue weighted by Gasteiger charge is 2.25. The first kappa shape index (κ1) is 46.0. The van der Waals surface area contributed by atoms with Gasteiger partial charge in [0.2, 0.25) is 0 Å². The second-order valence-electron chi connectivity index (χ2n) is 12.1. The maximum Gasteiger partial charge on any atom is 0.472 e. The van der Waals surface area contributed by atoms with Gasteiger partial charge in [-0.2, -0.15) is 0 Å². The van der Waals surface area contributed by atoms with Gasteiger partial charge in [-0.15, -0.1) is 0 Å². The van der Waals surface area contributed by atoms with Crippen LogP contribution in [0.25, 0.3) is 0 Å². The van der Waals surface area contributed by atoms with E-state index in [1.54, 1.807) is 6.26 Å². The third kappa shape index (κ3) is 35.3. The first-order chi connectivity index (χ1) is 23.4. The molecule has 0 aliphatic heterocycles. The zero-order valence-corrected chi connectivity index (χ0v) is 31.3. The van der Waals surface area contributed by atoms with Gasteiger partial charge in [0.15, 0.2) is 6.10 Å². The molecule has 0 aromatic carbocycles.